The molecule has 0 saturated heterocycles. The number of nitrogens with zero attached hydrogens (tertiary/aromatic N) is 1. The molecule has 160 valence electrons. The number of fused-ring (bicyclic) bond motifs is 1. The molecule has 1 aliphatic carbocycles. The minimum atomic E-state index is -0.173. The number of nitrogens with one attached hydrogen (secondary N) is 2. The Morgan fingerprint density at radius 2 is 1.84 bits per heavy atom. The van der Waals surface area contributed by atoms with E-state index in [0.29, 0.717) is 12.0 Å². The number of rotatable bonds is 6. The first-order chi connectivity index (χ1) is 15.0. The van der Waals surface area contributed by atoms with Crippen molar-refractivity contribution in [3.63, 3.8) is 0 Å². The number of anilines is 1. The highest BCUT2D eigenvalue weighted by molar-refractivity contribution is 6.04. The fraction of sp³-hybridized carbons (Fsp3) is 0.320. The lowest BCUT2D eigenvalue weighted by Crippen LogP contribution is -2.23. The molecule has 0 unspecified atom stereocenters. The molecular formula is C25H27N3O3. The van der Waals surface area contributed by atoms with E-state index in [9.17, 15) is 9.59 Å². The largest absolute Gasteiger partial charge is 0.491 e. The van der Waals surface area contributed by atoms with Crippen LogP contribution in [0.5, 0.6) is 5.75 Å². The molecule has 0 saturated carbocycles. The summed E-state index contributed by atoms with van der Waals surface area (Å²) < 4.78 is 5.63. The van der Waals surface area contributed by atoms with Gasteiger partial charge in [0.15, 0.2) is 0 Å². The quantitative estimate of drug-likeness (QED) is 0.627. The predicted molar refractivity (Wildman–Crippen MR) is 121 cm³/mol. The van der Waals surface area contributed by atoms with Gasteiger partial charge in [0.1, 0.15) is 5.75 Å². The fourth-order valence-electron chi connectivity index (χ4n) is 3.99. The number of aromatic nitrogens is 2. The normalized spacial score (nSPS) is 13.0. The number of aromatic amines is 1. The third-order valence-corrected chi connectivity index (χ3v) is 5.43. The van der Waals surface area contributed by atoms with Gasteiger partial charge in [0.2, 0.25) is 0 Å². The van der Waals surface area contributed by atoms with E-state index < -0.39 is 0 Å². The molecule has 2 aromatic carbocycles. The molecule has 1 heterocycles. The van der Waals surface area contributed by atoms with Crippen molar-refractivity contribution in [1.82, 2.24) is 10.2 Å². The van der Waals surface area contributed by atoms with Gasteiger partial charge in [0.25, 0.3) is 11.5 Å². The van der Waals surface area contributed by atoms with E-state index in [2.05, 4.69) is 15.5 Å². The van der Waals surface area contributed by atoms with Crippen LogP contribution in [-0.4, -0.2) is 22.2 Å². The lowest BCUT2D eigenvalue weighted by atomic mass is 9.90. The lowest BCUT2D eigenvalue weighted by molar-refractivity contribution is 0.102. The van der Waals surface area contributed by atoms with Crippen LogP contribution in [0.4, 0.5) is 5.69 Å². The molecule has 4 rings (SSSR count). The maximum Gasteiger partial charge on any atom is 0.267 e. The summed E-state index contributed by atoms with van der Waals surface area (Å²) in [7, 11) is 0. The average Bonchev–Trinajstić information content (AvgIpc) is 2.76. The number of carbonyl (C=O) groups is 1. The second-order valence-electron chi connectivity index (χ2n) is 8.19. The fourth-order valence-corrected chi connectivity index (χ4v) is 3.99. The number of amides is 1. The number of carbonyl (C=O) groups excluding carboxylic acids is 1. The third-order valence-electron chi connectivity index (χ3n) is 5.43. The molecular weight excluding hydrogens is 390 g/mol. The van der Waals surface area contributed by atoms with Gasteiger partial charge in [-0.1, -0.05) is 12.1 Å². The second kappa shape index (κ2) is 9.16. The van der Waals surface area contributed by atoms with Gasteiger partial charge < -0.3 is 10.1 Å². The van der Waals surface area contributed by atoms with Crippen molar-refractivity contribution in [2.75, 3.05) is 5.32 Å². The Morgan fingerprint density at radius 1 is 1.10 bits per heavy atom. The zero-order valence-corrected chi connectivity index (χ0v) is 17.9. The van der Waals surface area contributed by atoms with E-state index in [4.69, 9.17) is 4.74 Å². The van der Waals surface area contributed by atoms with Crippen molar-refractivity contribution in [3.05, 3.63) is 86.8 Å². The highest BCUT2D eigenvalue weighted by Gasteiger charge is 2.18. The van der Waals surface area contributed by atoms with Gasteiger partial charge in [0, 0.05) is 23.2 Å². The molecule has 0 aliphatic heterocycles. The maximum absolute atomic E-state index is 12.6. The molecule has 0 atom stereocenters. The second-order valence-corrected chi connectivity index (χ2v) is 8.19. The molecule has 0 radical (unpaired) electrons. The molecule has 1 aromatic heterocycles. The van der Waals surface area contributed by atoms with Crippen molar-refractivity contribution in [2.45, 2.75) is 52.1 Å². The summed E-state index contributed by atoms with van der Waals surface area (Å²) in [5.41, 5.74) is 5.15. The molecule has 0 spiro atoms. The van der Waals surface area contributed by atoms with Gasteiger partial charge in [-0.25, -0.2) is 5.10 Å². The first-order valence-corrected chi connectivity index (χ1v) is 10.8. The molecule has 2 N–H and O–H groups in total. The first-order valence-electron chi connectivity index (χ1n) is 10.8. The Hall–Kier alpha value is -3.41. The summed E-state index contributed by atoms with van der Waals surface area (Å²) in [6, 6.07) is 14.9. The summed E-state index contributed by atoms with van der Waals surface area (Å²) in [5, 5.41) is 9.92. The van der Waals surface area contributed by atoms with Crippen molar-refractivity contribution in [1.29, 1.82) is 0 Å². The molecule has 6 nitrogen and oxygen atoms in total. The van der Waals surface area contributed by atoms with E-state index in [-0.39, 0.29) is 17.6 Å². The standard InChI is InChI=1S/C25H27N3O3/c1-16(2)31-20-12-10-18(11-13-20)24(29)26-19-7-5-6-17(14-19)15-23-21-8-3-4-9-22(21)25(30)28-27-23/h5-7,10-14,16H,3-4,8-9,15H2,1-2H3,(H,26,29)(H,28,30). The molecule has 1 amide bonds. The number of benzene rings is 2. The van der Waals surface area contributed by atoms with Gasteiger partial charge in [-0.3, -0.25) is 9.59 Å². The highest BCUT2D eigenvalue weighted by Crippen LogP contribution is 2.23. The van der Waals surface area contributed by atoms with Crippen LogP contribution in [0.1, 0.15) is 59.4 Å². The van der Waals surface area contributed by atoms with Crippen LogP contribution in [0.2, 0.25) is 0 Å². The monoisotopic (exact) mass is 417 g/mol. The number of hydrogen-bond donors (Lipinski definition) is 2. The van der Waals surface area contributed by atoms with Crippen molar-refractivity contribution in [3.8, 4) is 5.75 Å². The van der Waals surface area contributed by atoms with Crippen molar-refractivity contribution >= 4 is 11.6 Å². The SMILES string of the molecule is CC(C)Oc1ccc(C(=O)Nc2cccc(Cc3n[nH]c(=O)c4c3CCCC4)c2)cc1. The Bertz CT molecular complexity index is 1130. The van der Waals surface area contributed by atoms with Crippen LogP contribution in [0, 0.1) is 0 Å². The van der Waals surface area contributed by atoms with Crippen LogP contribution in [-0.2, 0) is 19.3 Å². The third kappa shape index (κ3) is 5.02. The van der Waals surface area contributed by atoms with Gasteiger partial charge in [-0.2, -0.15) is 5.10 Å². The predicted octanol–water partition coefficient (Wildman–Crippen LogP) is 4.28. The van der Waals surface area contributed by atoms with Crippen LogP contribution in [0.25, 0.3) is 0 Å². The summed E-state index contributed by atoms with van der Waals surface area (Å²) in [5.74, 6) is 0.568. The van der Waals surface area contributed by atoms with Crippen molar-refractivity contribution in [2.24, 2.45) is 0 Å². The molecule has 0 bridgehead atoms. The van der Waals surface area contributed by atoms with E-state index in [0.717, 1.165) is 59.5 Å². The zero-order valence-electron chi connectivity index (χ0n) is 17.9. The Labute approximate surface area is 181 Å². The maximum atomic E-state index is 12.6. The minimum absolute atomic E-state index is 0.0655. The first kappa shape index (κ1) is 20.8. The summed E-state index contributed by atoms with van der Waals surface area (Å²) in [4.78, 5) is 24.7. The van der Waals surface area contributed by atoms with Gasteiger partial charge >= 0.3 is 0 Å². The Morgan fingerprint density at radius 3 is 2.58 bits per heavy atom. The van der Waals surface area contributed by atoms with Gasteiger partial charge in [-0.15, -0.1) is 0 Å². The minimum Gasteiger partial charge on any atom is -0.491 e. The Kier molecular flexibility index (Phi) is 6.16. The Balaban J connectivity index is 1.48. The molecule has 1 aliphatic rings. The number of hydrogen-bond acceptors (Lipinski definition) is 4. The highest BCUT2D eigenvalue weighted by atomic mass is 16.5. The molecule has 31 heavy (non-hydrogen) atoms. The lowest BCUT2D eigenvalue weighted by Gasteiger charge is -2.17. The van der Waals surface area contributed by atoms with Gasteiger partial charge in [0.05, 0.1) is 11.8 Å². The molecule has 6 heteroatoms. The molecule has 0 fully saturated rings. The van der Waals surface area contributed by atoms with Gasteiger partial charge in [-0.05, 0) is 87.1 Å². The number of ether oxygens (including phenoxy) is 1. The molecule has 3 aromatic rings. The summed E-state index contributed by atoms with van der Waals surface area (Å²) in [6.07, 6.45) is 4.55. The number of H-pyrrole nitrogens is 1. The van der Waals surface area contributed by atoms with Crippen LogP contribution in [0.15, 0.2) is 53.3 Å². The van der Waals surface area contributed by atoms with E-state index >= 15 is 0 Å². The smallest absolute Gasteiger partial charge is 0.267 e. The van der Waals surface area contributed by atoms with Crippen LogP contribution >= 0.6 is 0 Å². The summed E-state index contributed by atoms with van der Waals surface area (Å²) >= 11 is 0. The topological polar surface area (TPSA) is 84.1 Å². The average molecular weight is 418 g/mol. The van der Waals surface area contributed by atoms with Crippen LogP contribution in [0.3, 0.4) is 0 Å². The summed E-state index contributed by atoms with van der Waals surface area (Å²) in [6.45, 7) is 3.93. The van der Waals surface area contributed by atoms with E-state index in [1.54, 1.807) is 24.3 Å². The van der Waals surface area contributed by atoms with Crippen LogP contribution < -0.4 is 15.6 Å². The van der Waals surface area contributed by atoms with Crippen molar-refractivity contribution < 1.29 is 9.53 Å². The van der Waals surface area contributed by atoms with E-state index in [1.807, 2.05) is 38.1 Å². The van der Waals surface area contributed by atoms with E-state index in [1.165, 1.54) is 0 Å². The zero-order chi connectivity index (χ0) is 21.8.